The van der Waals surface area contributed by atoms with Crippen molar-refractivity contribution in [1.82, 2.24) is 10.2 Å². The van der Waals surface area contributed by atoms with E-state index in [1.54, 1.807) is 39.8 Å². The number of rotatable bonds is 9. The van der Waals surface area contributed by atoms with Crippen molar-refractivity contribution in [2.24, 2.45) is 0 Å². The Bertz CT molecular complexity index is 462. The number of hydrogen-bond acceptors (Lipinski definition) is 8. The summed E-state index contributed by atoms with van der Waals surface area (Å²) >= 11 is 0. The number of carbonyl (C=O) groups is 3. The zero-order valence-electron chi connectivity index (χ0n) is 14.2. The number of esters is 3. The highest BCUT2D eigenvalue weighted by Crippen LogP contribution is 2.04. The number of nitrogens with zero attached hydrogens (tertiary/aromatic N) is 1. The second kappa shape index (κ2) is 11.1. The minimum Gasteiger partial charge on any atom is -0.462 e. The lowest BCUT2D eigenvalue weighted by Crippen LogP contribution is -2.25. The average Bonchev–Trinajstić information content (AvgIpc) is 2.46. The van der Waals surface area contributed by atoms with Crippen LogP contribution in [-0.2, 0) is 28.6 Å². The average molecular weight is 328 g/mol. The summed E-state index contributed by atoms with van der Waals surface area (Å²) in [5, 5.41) is 2.60. The highest BCUT2D eigenvalue weighted by molar-refractivity contribution is 6.14. The molecule has 0 unspecified atom stereocenters. The van der Waals surface area contributed by atoms with Gasteiger partial charge in [-0.15, -0.1) is 0 Å². The van der Waals surface area contributed by atoms with Crippen LogP contribution in [0.2, 0.25) is 0 Å². The highest BCUT2D eigenvalue weighted by Gasteiger charge is 2.22. The third-order valence-electron chi connectivity index (χ3n) is 2.25. The molecule has 0 spiro atoms. The van der Waals surface area contributed by atoms with Crippen LogP contribution in [0.5, 0.6) is 0 Å². The van der Waals surface area contributed by atoms with E-state index in [1.165, 1.54) is 6.20 Å². The lowest BCUT2D eigenvalue weighted by atomic mass is 10.3. The van der Waals surface area contributed by atoms with Crippen LogP contribution in [-0.4, -0.2) is 56.7 Å². The van der Waals surface area contributed by atoms with Crippen molar-refractivity contribution in [2.45, 2.75) is 20.8 Å². The molecule has 8 heteroatoms. The fraction of sp³-hybridized carbons (Fsp3) is 0.533. The van der Waals surface area contributed by atoms with Gasteiger partial charge < -0.3 is 24.4 Å². The Morgan fingerprint density at radius 1 is 0.870 bits per heavy atom. The minimum atomic E-state index is -0.841. The number of carbonyl (C=O) groups excluding carboxylic acids is 3. The maximum absolute atomic E-state index is 11.8. The highest BCUT2D eigenvalue weighted by atomic mass is 16.6. The first-order chi connectivity index (χ1) is 10.9. The number of hydrogen-bond donors (Lipinski definition) is 1. The van der Waals surface area contributed by atoms with Crippen LogP contribution >= 0.6 is 0 Å². The molecular weight excluding hydrogens is 304 g/mol. The van der Waals surface area contributed by atoms with E-state index in [4.69, 9.17) is 14.2 Å². The summed E-state index contributed by atoms with van der Waals surface area (Å²) in [6.07, 6.45) is 2.53. The SMILES string of the molecule is CCOC(=O)C(=CN/C(=C\N(C)C)C(=O)OCC)C(=O)OCC. The Hall–Kier alpha value is -2.51. The molecule has 0 aromatic heterocycles. The third-order valence-corrected chi connectivity index (χ3v) is 2.25. The first-order valence-corrected chi connectivity index (χ1v) is 7.23. The Labute approximate surface area is 136 Å². The van der Waals surface area contributed by atoms with Crippen LogP contribution < -0.4 is 5.32 Å². The van der Waals surface area contributed by atoms with Gasteiger partial charge in [0.2, 0.25) is 0 Å². The molecule has 0 aliphatic carbocycles. The van der Waals surface area contributed by atoms with Crippen molar-refractivity contribution in [3.05, 3.63) is 23.7 Å². The smallest absolute Gasteiger partial charge is 0.356 e. The second-order valence-electron chi connectivity index (χ2n) is 4.37. The molecular formula is C15H24N2O6. The van der Waals surface area contributed by atoms with Gasteiger partial charge in [0.25, 0.3) is 0 Å². The molecule has 0 radical (unpaired) electrons. The molecule has 0 bridgehead atoms. The van der Waals surface area contributed by atoms with Crippen molar-refractivity contribution < 1.29 is 28.6 Å². The molecule has 8 nitrogen and oxygen atoms in total. The van der Waals surface area contributed by atoms with Gasteiger partial charge in [-0.1, -0.05) is 0 Å². The van der Waals surface area contributed by atoms with E-state index in [9.17, 15) is 14.4 Å². The first kappa shape index (κ1) is 20.5. The summed E-state index contributed by atoms with van der Waals surface area (Å²) < 4.78 is 14.5. The van der Waals surface area contributed by atoms with Gasteiger partial charge in [0.05, 0.1) is 19.8 Å². The lowest BCUT2D eigenvalue weighted by molar-refractivity contribution is -0.147. The Balaban J connectivity index is 5.38. The molecule has 130 valence electrons. The Kier molecular flexibility index (Phi) is 9.90. The third kappa shape index (κ3) is 7.89. The standard InChI is InChI=1S/C15H24N2O6/c1-6-21-13(18)11(14(19)22-7-2)9-16-12(10-17(4)5)15(20)23-8-3/h9-10,16H,6-8H2,1-5H3/b12-10-. The van der Waals surface area contributed by atoms with E-state index >= 15 is 0 Å². The summed E-state index contributed by atoms with van der Waals surface area (Å²) in [7, 11) is 3.42. The van der Waals surface area contributed by atoms with Gasteiger partial charge in [-0.2, -0.15) is 0 Å². The quantitative estimate of drug-likeness (QED) is 0.216. The van der Waals surface area contributed by atoms with E-state index in [0.717, 1.165) is 6.20 Å². The topological polar surface area (TPSA) is 94.2 Å². The monoisotopic (exact) mass is 328 g/mol. The molecule has 0 amide bonds. The Morgan fingerprint density at radius 3 is 1.70 bits per heavy atom. The van der Waals surface area contributed by atoms with E-state index in [0.29, 0.717) is 0 Å². The van der Waals surface area contributed by atoms with Crippen molar-refractivity contribution in [3.8, 4) is 0 Å². The maximum atomic E-state index is 11.8. The van der Waals surface area contributed by atoms with E-state index < -0.39 is 17.9 Å². The molecule has 0 aliphatic rings. The van der Waals surface area contributed by atoms with Gasteiger partial charge in [0, 0.05) is 26.5 Å². The zero-order chi connectivity index (χ0) is 17.8. The molecule has 0 heterocycles. The van der Waals surface area contributed by atoms with E-state index in [2.05, 4.69) is 5.32 Å². The molecule has 1 N–H and O–H groups in total. The van der Waals surface area contributed by atoms with Crippen molar-refractivity contribution in [1.29, 1.82) is 0 Å². The minimum absolute atomic E-state index is 0.0583. The zero-order valence-corrected chi connectivity index (χ0v) is 14.2. The second-order valence-corrected chi connectivity index (χ2v) is 4.37. The number of nitrogens with one attached hydrogen (secondary N) is 1. The largest absolute Gasteiger partial charge is 0.462 e. The van der Waals surface area contributed by atoms with Gasteiger partial charge in [0.15, 0.2) is 5.57 Å². The summed E-state index contributed by atoms with van der Waals surface area (Å²) in [6, 6.07) is 0. The summed E-state index contributed by atoms with van der Waals surface area (Å²) in [6.45, 7) is 5.30. The van der Waals surface area contributed by atoms with Gasteiger partial charge in [-0.3, -0.25) is 0 Å². The molecule has 0 saturated heterocycles. The molecule has 0 fully saturated rings. The predicted molar refractivity (Wildman–Crippen MR) is 82.9 cm³/mol. The molecule has 23 heavy (non-hydrogen) atoms. The van der Waals surface area contributed by atoms with Crippen LogP contribution in [0.1, 0.15) is 20.8 Å². The molecule has 0 atom stereocenters. The molecule has 0 rings (SSSR count). The lowest BCUT2D eigenvalue weighted by Gasteiger charge is -2.12. The fourth-order valence-corrected chi connectivity index (χ4v) is 1.38. The fourth-order valence-electron chi connectivity index (χ4n) is 1.38. The molecule has 0 aromatic rings. The van der Waals surface area contributed by atoms with Gasteiger partial charge in [-0.05, 0) is 20.8 Å². The summed E-state index contributed by atoms with van der Waals surface area (Å²) in [4.78, 5) is 37.1. The Morgan fingerprint density at radius 2 is 1.30 bits per heavy atom. The normalized spacial score (nSPS) is 10.4. The van der Waals surface area contributed by atoms with Gasteiger partial charge in [0.1, 0.15) is 5.70 Å². The van der Waals surface area contributed by atoms with E-state index in [-0.39, 0.29) is 31.1 Å². The molecule has 0 aliphatic heterocycles. The van der Waals surface area contributed by atoms with Crippen molar-refractivity contribution >= 4 is 17.9 Å². The summed E-state index contributed by atoms with van der Waals surface area (Å²) in [5.41, 5.74) is -0.286. The molecule has 0 saturated carbocycles. The number of ether oxygens (including phenoxy) is 3. The predicted octanol–water partition coefficient (Wildman–Crippen LogP) is 0.552. The van der Waals surface area contributed by atoms with Crippen molar-refractivity contribution in [2.75, 3.05) is 33.9 Å². The van der Waals surface area contributed by atoms with Gasteiger partial charge in [-0.25, -0.2) is 14.4 Å². The van der Waals surface area contributed by atoms with Gasteiger partial charge >= 0.3 is 17.9 Å². The van der Waals surface area contributed by atoms with E-state index in [1.807, 2.05) is 0 Å². The van der Waals surface area contributed by atoms with Crippen LogP contribution in [0.15, 0.2) is 23.7 Å². The van der Waals surface area contributed by atoms with Crippen LogP contribution in [0.4, 0.5) is 0 Å². The van der Waals surface area contributed by atoms with Crippen LogP contribution in [0.25, 0.3) is 0 Å². The van der Waals surface area contributed by atoms with Crippen LogP contribution in [0, 0.1) is 0 Å². The van der Waals surface area contributed by atoms with Crippen LogP contribution in [0.3, 0.4) is 0 Å². The van der Waals surface area contributed by atoms with Crippen molar-refractivity contribution in [3.63, 3.8) is 0 Å². The first-order valence-electron chi connectivity index (χ1n) is 7.23. The molecule has 0 aromatic carbocycles. The summed E-state index contributed by atoms with van der Waals surface area (Å²) in [5.74, 6) is -2.30. The maximum Gasteiger partial charge on any atom is 0.356 e.